The first kappa shape index (κ1) is 13.5. The molecule has 10 heteroatoms. The van der Waals surface area contributed by atoms with Gasteiger partial charge in [-0.2, -0.15) is 4.52 Å². The van der Waals surface area contributed by atoms with Crippen molar-refractivity contribution in [3.63, 3.8) is 0 Å². The molecule has 0 aromatic rings. The van der Waals surface area contributed by atoms with Crippen molar-refractivity contribution in [2.24, 2.45) is 0 Å². The zero-order valence-electron chi connectivity index (χ0n) is 6.19. The van der Waals surface area contributed by atoms with Gasteiger partial charge >= 0.3 is 22.7 Å². The van der Waals surface area contributed by atoms with Gasteiger partial charge in [0.2, 0.25) is 0 Å². The average Bonchev–Trinajstić information content (AvgIpc) is 2.03. The van der Waals surface area contributed by atoms with Gasteiger partial charge in [-0.1, -0.05) is 0 Å². The lowest BCUT2D eigenvalue weighted by Gasteiger charge is -2.18. The molecule has 74 valence electrons. The highest BCUT2D eigenvalue weighted by atomic mass is 32.7. The molecule has 3 atom stereocenters. The Balaban J connectivity index is 4.37. The molecular formula is C2H11O6P4+. The van der Waals surface area contributed by atoms with Gasteiger partial charge in [0.1, 0.15) is 8.50 Å². The summed E-state index contributed by atoms with van der Waals surface area (Å²) in [6.07, 6.45) is 0. The summed E-state index contributed by atoms with van der Waals surface area (Å²) in [6.45, 7) is 1.61. The third-order valence-electron chi connectivity index (χ3n) is 0.872. The maximum absolute atomic E-state index is 9.40. The zero-order valence-corrected chi connectivity index (χ0v) is 9.88. The maximum atomic E-state index is 9.40. The lowest BCUT2D eigenvalue weighted by atomic mass is 10.9. The predicted molar refractivity (Wildman–Crippen MR) is 51.8 cm³/mol. The van der Waals surface area contributed by atoms with Crippen LogP contribution in [0.2, 0.25) is 0 Å². The van der Waals surface area contributed by atoms with Gasteiger partial charge in [-0.15, -0.1) is 0 Å². The van der Waals surface area contributed by atoms with E-state index in [0.29, 0.717) is 0 Å². The van der Waals surface area contributed by atoms with Crippen molar-refractivity contribution in [1.29, 1.82) is 0 Å². The van der Waals surface area contributed by atoms with Gasteiger partial charge in [0.15, 0.2) is 0 Å². The molecule has 3 unspecified atom stereocenters. The second kappa shape index (κ2) is 6.06. The molecule has 0 radical (unpaired) electrons. The Kier molecular flexibility index (Phi) is 6.80. The van der Waals surface area contributed by atoms with Gasteiger partial charge < -0.3 is 19.6 Å². The highest BCUT2D eigenvalue weighted by Crippen LogP contribution is 2.99. The standard InChI is InChI=1S/C2H11O6P4/c1-2-8-12(7,10(4)5)11(6)9-3/h3-7,9H,2H2,1H3/q+1. The summed E-state index contributed by atoms with van der Waals surface area (Å²) in [5.74, 6) is 0. The molecule has 0 spiro atoms. The normalized spacial score (nSPS) is 20.2. The Morgan fingerprint density at radius 3 is 2.17 bits per heavy atom. The van der Waals surface area contributed by atoms with Crippen LogP contribution in [0.3, 0.4) is 0 Å². The van der Waals surface area contributed by atoms with Crippen molar-refractivity contribution in [2.45, 2.75) is 6.92 Å². The van der Waals surface area contributed by atoms with Gasteiger partial charge in [0, 0.05) is 0 Å². The topological polar surface area (TPSA) is 110 Å². The minimum Gasteiger partial charge on any atom is -0.366 e. The first-order valence-electron chi connectivity index (χ1n) is 2.83. The van der Waals surface area contributed by atoms with E-state index in [1.165, 1.54) is 0 Å². The van der Waals surface area contributed by atoms with Crippen LogP contribution < -0.4 is 0 Å². The van der Waals surface area contributed by atoms with Crippen LogP contribution in [0.15, 0.2) is 0 Å². The van der Waals surface area contributed by atoms with E-state index in [-0.39, 0.29) is 6.61 Å². The van der Waals surface area contributed by atoms with Crippen LogP contribution in [-0.2, 0) is 4.52 Å². The van der Waals surface area contributed by atoms with Gasteiger partial charge in [0.05, 0.1) is 6.61 Å². The van der Waals surface area contributed by atoms with E-state index in [9.17, 15) is 4.89 Å². The van der Waals surface area contributed by atoms with Gasteiger partial charge in [-0.25, -0.2) is 4.89 Å². The molecule has 5 N–H and O–H groups in total. The van der Waals surface area contributed by atoms with Crippen molar-refractivity contribution < 1.29 is 29.0 Å². The molecule has 0 aliphatic rings. The molecule has 0 aliphatic carbocycles. The fraction of sp³-hybridized carbons (Fsp3) is 1.00. The molecule has 0 bridgehead atoms. The highest BCUT2D eigenvalue weighted by Gasteiger charge is 2.57. The van der Waals surface area contributed by atoms with E-state index in [1.807, 2.05) is 0 Å². The van der Waals surface area contributed by atoms with Crippen LogP contribution in [0.5, 0.6) is 0 Å². The Labute approximate surface area is 74.4 Å². The monoisotopic (exact) mass is 255 g/mol. The second-order valence-electron chi connectivity index (χ2n) is 1.59. The van der Waals surface area contributed by atoms with Crippen LogP contribution in [0.1, 0.15) is 6.92 Å². The Morgan fingerprint density at radius 2 is 1.92 bits per heavy atom. The third kappa shape index (κ3) is 3.32. The van der Waals surface area contributed by atoms with Gasteiger partial charge in [0.25, 0.3) is 0 Å². The third-order valence-corrected chi connectivity index (χ3v) is 14.4. The largest absolute Gasteiger partial charge is 0.412 e. The summed E-state index contributed by atoms with van der Waals surface area (Å²) in [5, 5.41) is 0. The quantitative estimate of drug-likeness (QED) is 0.466. The average molecular weight is 255 g/mol. The second-order valence-corrected chi connectivity index (χ2v) is 13.6. The molecule has 0 fully saturated rings. The molecule has 0 aromatic carbocycles. The number of hydrogen-bond acceptors (Lipinski definition) is 6. The lowest BCUT2D eigenvalue weighted by molar-refractivity contribution is 0.326. The van der Waals surface area contributed by atoms with Crippen LogP contribution in [0.4, 0.5) is 0 Å². The Hall–Kier alpha value is 1.48. The molecule has 0 aromatic heterocycles. The Morgan fingerprint density at radius 1 is 1.42 bits per heavy atom. The van der Waals surface area contributed by atoms with Crippen molar-refractivity contribution in [3.8, 4) is 0 Å². The first-order valence-corrected chi connectivity index (χ1v) is 10.2. The molecule has 0 aliphatic heterocycles. The van der Waals surface area contributed by atoms with E-state index in [1.54, 1.807) is 6.92 Å². The van der Waals surface area contributed by atoms with E-state index >= 15 is 0 Å². The molecular weight excluding hydrogens is 244 g/mol. The summed E-state index contributed by atoms with van der Waals surface area (Å²) in [5.41, 5.74) is 0. The fourth-order valence-electron chi connectivity index (χ4n) is 0.414. The van der Waals surface area contributed by atoms with Crippen molar-refractivity contribution in [2.75, 3.05) is 6.61 Å². The molecule has 0 heterocycles. The van der Waals surface area contributed by atoms with Crippen LogP contribution in [-0.4, -0.2) is 31.1 Å². The summed E-state index contributed by atoms with van der Waals surface area (Å²) < 4.78 is 4.66. The Bertz CT molecular complexity index is 133. The summed E-state index contributed by atoms with van der Waals surface area (Å²) in [4.78, 5) is 44.5. The van der Waals surface area contributed by atoms with Crippen molar-refractivity contribution in [3.05, 3.63) is 0 Å². The molecule has 0 rings (SSSR count). The molecule has 6 nitrogen and oxygen atoms in total. The molecule has 12 heavy (non-hydrogen) atoms. The number of rotatable bonds is 5. The first-order chi connectivity index (χ1) is 5.49. The van der Waals surface area contributed by atoms with Gasteiger partial charge in [-0.3, -0.25) is 0 Å². The summed E-state index contributed by atoms with van der Waals surface area (Å²) in [7, 11) is -9.44. The van der Waals surface area contributed by atoms with Crippen LogP contribution in [0, 0.1) is 0 Å². The fourth-order valence-corrected chi connectivity index (χ4v) is 9.55. The van der Waals surface area contributed by atoms with Crippen molar-refractivity contribution in [1.82, 2.24) is 0 Å². The zero-order chi connectivity index (χ0) is 9.78. The molecule has 0 saturated carbocycles. The minimum absolute atomic E-state index is 0.0636. The van der Waals surface area contributed by atoms with E-state index in [0.717, 1.165) is 0 Å². The minimum atomic E-state index is -3.57. The number of hydrogen-bond donors (Lipinski definition) is 5. The summed E-state index contributed by atoms with van der Waals surface area (Å²) in [6, 6.07) is 0. The van der Waals surface area contributed by atoms with Crippen LogP contribution >= 0.6 is 31.2 Å². The lowest BCUT2D eigenvalue weighted by Crippen LogP contribution is -1.92. The van der Waals surface area contributed by atoms with E-state index in [2.05, 4.69) is 4.52 Å². The van der Waals surface area contributed by atoms with E-state index < -0.39 is 31.2 Å². The smallest absolute Gasteiger partial charge is 0.366 e. The SMILES string of the molecule is CCO[P+](O)(P(O)O)P(O)PO. The van der Waals surface area contributed by atoms with Crippen LogP contribution in [0.25, 0.3) is 0 Å². The van der Waals surface area contributed by atoms with Crippen molar-refractivity contribution >= 4 is 31.2 Å². The molecule has 0 saturated heterocycles. The summed E-state index contributed by atoms with van der Waals surface area (Å²) >= 11 is 0. The van der Waals surface area contributed by atoms with Gasteiger partial charge in [-0.05, 0) is 6.92 Å². The predicted octanol–water partition coefficient (Wildman–Crippen LogP) is 0.879. The molecule has 0 amide bonds. The highest BCUT2D eigenvalue weighted by molar-refractivity contribution is 8.74. The maximum Gasteiger partial charge on any atom is 0.412 e. The van der Waals surface area contributed by atoms with E-state index in [4.69, 9.17) is 19.6 Å².